The van der Waals surface area contributed by atoms with Crippen LogP contribution >= 0.6 is 0 Å². The van der Waals surface area contributed by atoms with E-state index in [1.54, 1.807) is 0 Å². The minimum atomic E-state index is -1.05. The largest absolute Gasteiger partial charge is 0.480 e. The van der Waals surface area contributed by atoms with Gasteiger partial charge in [-0.2, -0.15) is 0 Å². The van der Waals surface area contributed by atoms with Gasteiger partial charge in [-0.25, -0.2) is 4.79 Å². The number of carbonyl (C=O) groups is 2. The second kappa shape index (κ2) is 8.91. The number of aliphatic carboxylic acids is 1. The molecule has 0 aromatic rings. The Hall–Kier alpha value is -1.10. The monoisotopic (exact) mass is 271 g/mol. The average Bonchev–Trinajstić information content (AvgIpc) is 2.87. The highest BCUT2D eigenvalue weighted by molar-refractivity contribution is 5.78. The number of hydrogen-bond acceptors (Lipinski definition) is 3. The smallest absolute Gasteiger partial charge is 0.329 e. The molecule has 1 amide bonds. The zero-order valence-electron chi connectivity index (χ0n) is 11.7. The molecule has 5 heteroatoms. The van der Waals surface area contributed by atoms with Crippen molar-refractivity contribution in [3.63, 3.8) is 0 Å². The molecule has 1 aliphatic rings. The molecule has 110 valence electrons. The van der Waals surface area contributed by atoms with Gasteiger partial charge in [0.25, 0.3) is 0 Å². The molecule has 19 heavy (non-hydrogen) atoms. The number of hydrogen-bond donors (Lipinski definition) is 2. The number of nitrogens with one attached hydrogen (secondary N) is 1. The second-order valence-electron chi connectivity index (χ2n) is 5.29. The fourth-order valence-corrected chi connectivity index (χ4v) is 2.61. The number of carboxylic acids is 1. The summed E-state index contributed by atoms with van der Waals surface area (Å²) in [5.41, 5.74) is 0. The van der Waals surface area contributed by atoms with Crippen LogP contribution in [-0.4, -0.2) is 36.2 Å². The van der Waals surface area contributed by atoms with Crippen molar-refractivity contribution < 1.29 is 19.4 Å². The lowest BCUT2D eigenvalue weighted by Crippen LogP contribution is -2.37. The maximum atomic E-state index is 11.6. The molecule has 0 aromatic heterocycles. The van der Waals surface area contributed by atoms with Gasteiger partial charge in [-0.05, 0) is 25.2 Å². The van der Waals surface area contributed by atoms with Crippen molar-refractivity contribution in [1.29, 1.82) is 0 Å². The van der Waals surface area contributed by atoms with E-state index in [4.69, 9.17) is 9.84 Å². The van der Waals surface area contributed by atoms with E-state index in [-0.39, 0.29) is 18.6 Å². The molecule has 1 saturated carbocycles. The lowest BCUT2D eigenvalue weighted by atomic mass is 9.97. The molecule has 1 aliphatic carbocycles. The van der Waals surface area contributed by atoms with Crippen LogP contribution in [0.15, 0.2) is 0 Å². The number of carbonyl (C=O) groups excluding carboxylic acids is 1. The predicted molar refractivity (Wildman–Crippen MR) is 71.9 cm³/mol. The van der Waals surface area contributed by atoms with Crippen LogP contribution in [-0.2, 0) is 14.3 Å². The normalized spacial score (nSPS) is 17.3. The van der Waals surface area contributed by atoms with Crippen molar-refractivity contribution in [2.45, 2.75) is 57.9 Å². The Morgan fingerprint density at radius 1 is 1.32 bits per heavy atom. The maximum absolute atomic E-state index is 11.6. The minimum Gasteiger partial charge on any atom is -0.480 e. The van der Waals surface area contributed by atoms with Crippen molar-refractivity contribution in [2.75, 3.05) is 13.2 Å². The standard InChI is InChI=1S/C14H25NO4/c1-2-12(8-7-11-5-3-4-6-11)15-13(16)9-19-10-14(17)18/h11-12H,2-10H2,1H3,(H,15,16)(H,17,18). The summed E-state index contributed by atoms with van der Waals surface area (Å²) in [5.74, 6) is -0.449. The van der Waals surface area contributed by atoms with Crippen LogP contribution in [0.3, 0.4) is 0 Å². The Kier molecular flexibility index (Phi) is 7.48. The highest BCUT2D eigenvalue weighted by atomic mass is 16.5. The molecule has 2 N–H and O–H groups in total. The Labute approximate surface area is 114 Å². The van der Waals surface area contributed by atoms with Crippen LogP contribution in [0.25, 0.3) is 0 Å². The fourth-order valence-electron chi connectivity index (χ4n) is 2.61. The lowest BCUT2D eigenvalue weighted by Gasteiger charge is -2.18. The predicted octanol–water partition coefficient (Wildman–Crippen LogP) is 1.95. The summed E-state index contributed by atoms with van der Waals surface area (Å²) in [7, 11) is 0. The molecule has 1 atom stereocenters. The number of amides is 1. The van der Waals surface area contributed by atoms with Crippen LogP contribution < -0.4 is 5.32 Å². The van der Waals surface area contributed by atoms with Crippen molar-refractivity contribution >= 4 is 11.9 Å². The third-order valence-electron chi connectivity index (χ3n) is 3.71. The summed E-state index contributed by atoms with van der Waals surface area (Å²) in [5, 5.41) is 11.3. The van der Waals surface area contributed by atoms with Gasteiger partial charge < -0.3 is 15.2 Å². The summed E-state index contributed by atoms with van der Waals surface area (Å²) in [6.07, 6.45) is 8.42. The van der Waals surface area contributed by atoms with E-state index in [0.717, 1.165) is 18.8 Å². The quantitative estimate of drug-likeness (QED) is 0.672. The first-order valence-corrected chi connectivity index (χ1v) is 7.20. The molecule has 1 rings (SSSR count). The highest BCUT2D eigenvalue weighted by Gasteiger charge is 2.17. The van der Waals surface area contributed by atoms with E-state index in [9.17, 15) is 9.59 Å². The molecule has 1 fully saturated rings. The molecule has 0 bridgehead atoms. The van der Waals surface area contributed by atoms with Gasteiger partial charge in [-0.3, -0.25) is 4.79 Å². The van der Waals surface area contributed by atoms with E-state index in [0.29, 0.717) is 0 Å². The summed E-state index contributed by atoms with van der Waals surface area (Å²) >= 11 is 0. The van der Waals surface area contributed by atoms with Gasteiger partial charge in [-0.1, -0.05) is 32.6 Å². The van der Waals surface area contributed by atoms with Gasteiger partial charge in [0.2, 0.25) is 5.91 Å². The summed E-state index contributed by atoms with van der Waals surface area (Å²) in [4.78, 5) is 21.8. The fraction of sp³-hybridized carbons (Fsp3) is 0.857. The first-order valence-electron chi connectivity index (χ1n) is 7.20. The second-order valence-corrected chi connectivity index (χ2v) is 5.29. The molecule has 5 nitrogen and oxygen atoms in total. The Bertz CT molecular complexity index is 287. The van der Waals surface area contributed by atoms with Gasteiger partial charge >= 0.3 is 5.97 Å². The van der Waals surface area contributed by atoms with Crippen LogP contribution in [0.2, 0.25) is 0 Å². The van der Waals surface area contributed by atoms with Gasteiger partial charge in [0.05, 0.1) is 0 Å². The van der Waals surface area contributed by atoms with Crippen molar-refractivity contribution in [3.05, 3.63) is 0 Å². The van der Waals surface area contributed by atoms with Crippen LogP contribution in [0.5, 0.6) is 0 Å². The number of rotatable bonds is 9. The summed E-state index contributed by atoms with van der Waals surface area (Å²) in [6.45, 7) is 1.45. The summed E-state index contributed by atoms with van der Waals surface area (Å²) < 4.78 is 4.77. The molecule has 0 saturated heterocycles. The van der Waals surface area contributed by atoms with Crippen molar-refractivity contribution in [1.82, 2.24) is 5.32 Å². The molecule has 1 unspecified atom stereocenters. The van der Waals surface area contributed by atoms with E-state index < -0.39 is 12.6 Å². The minimum absolute atomic E-state index is 0.174. The first-order chi connectivity index (χ1) is 9.11. The highest BCUT2D eigenvalue weighted by Crippen LogP contribution is 2.29. The number of ether oxygens (including phenoxy) is 1. The zero-order valence-corrected chi connectivity index (χ0v) is 11.7. The van der Waals surface area contributed by atoms with Gasteiger partial charge in [-0.15, -0.1) is 0 Å². The maximum Gasteiger partial charge on any atom is 0.329 e. The third kappa shape index (κ3) is 7.15. The Balaban J connectivity index is 2.15. The van der Waals surface area contributed by atoms with Gasteiger partial charge in [0, 0.05) is 6.04 Å². The zero-order chi connectivity index (χ0) is 14.1. The molecule has 0 spiro atoms. The summed E-state index contributed by atoms with van der Waals surface area (Å²) in [6, 6.07) is 0.182. The molecule has 0 radical (unpaired) electrons. The van der Waals surface area contributed by atoms with Crippen LogP contribution in [0.4, 0.5) is 0 Å². The molecular formula is C14H25NO4. The van der Waals surface area contributed by atoms with E-state index in [1.807, 2.05) is 0 Å². The Morgan fingerprint density at radius 3 is 2.58 bits per heavy atom. The molecule has 0 aliphatic heterocycles. The Morgan fingerprint density at radius 2 is 2.00 bits per heavy atom. The topological polar surface area (TPSA) is 75.6 Å². The van der Waals surface area contributed by atoms with E-state index in [2.05, 4.69) is 12.2 Å². The first kappa shape index (κ1) is 16.0. The average molecular weight is 271 g/mol. The lowest BCUT2D eigenvalue weighted by molar-refractivity contribution is -0.143. The molecule has 0 aromatic carbocycles. The van der Waals surface area contributed by atoms with E-state index >= 15 is 0 Å². The van der Waals surface area contributed by atoms with Crippen LogP contribution in [0.1, 0.15) is 51.9 Å². The van der Waals surface area contributed by atoms with Gasteiger partial charge in [0.1, 0.15) is 13.2 Å². The van der Waals surface area contributed by atoms with Gasteiger partial charge in [0.15, 0.2) is 0 Å². The number of carboxylic acid groups (broad SMARTS) is 1. The van der Waals surface area contributed by atoms with E-state index in [1.165, 1.54) is 32.1 Å². The third-order valence-corrected chi connectivity index (χ3v) is 3.71. The molecular weight excluding hydrogens is 246 g/mol. The SMILES string of the molecule is CCC(CCC1CCCC1)NC(=O)COCC(=O)O. The van der Waals surface area contributed by atoms with Crippen molar-refractivity contribution in [3.8, 4) is 0 Å². The van der Waals surface area contributed by atoms with Crippen LogP contribution in [0, 0.1) is 5.92 Å². The van der Waals surface area contributed by atoms with Crippen molar-refractivity contribution in [2.24, 2.45) is 5.92 Å². The molecule has 0 heterocycles.